The Bertz CT molecular complexity index is 312. The number of rotatable bonds is 3. The van der Waals surface area contributed by atoms with Crippen LogP contribution >= 0.6 is 27.3 Å². The number of alkyl halides is 1. The predicted octanol–water partition coefficient (Wildman–Crippen LogP) is 3.63. The zero-order valence-corrected chi connectivity index (χ0v) is 11.2. The summed E-state index contributed by atoms with van der Waals surface area (Å²) in [7, 11) is 0. The Labute approximate surface area is 102 Å². The van der Waals surface area contributed by atoms with Crippen LogP contribution in [-0.4, -0.2) is 16.8 Å². The third-order valence-electron chi connectivity index (χ3n) is 2.54. The van der Waals surface area contributed by atoms with E-state index in [9.17, 15) is 0 Å². The SMILES string of the molecule is CCC(Br)c1nnc(C2CCCCO2)s1. The second kappa shape index (κ2) is 5.37. The Morgan fingerprint density at radius 3 is 3.07 bits per heavy atom. The molecule has 1 saturated heterocycles. The highest BCUT2D eigenvalue weighted by Crippen LogP contribution is 2.34. The average molecular weight is 291 g/mol. The molecule has 15 heavy (non-hydrogen) atoms. The van der Waals surface area contributed by atoms with Gasteiger partial charge in [0.15, 0.2) is 0 Å². The minimum atomic E-state index is 0.196. The Morgan fingerprint density at radius 1 is 1.53 bits per heavy atom. The largest absolute Gasteiger partial charge is 0.371 e. The number of halogens is 1. The maximum absolute atomic E-state index is 5.68. The lowest BCUT2D eigenvalue weighted by atomic mass is 10.1. The highest BCUT2D eigenvalue weighted by atomic mass is 79.9. The van der Waals surface area contributed by atoms with E-state index >= 15 is 0 Å². The molecular weight excluding hydrogens is 276 g/mol. The molecule has 2 atom stereocenters. The molecule has 84 valence electrons. The van der Waals surface area contributed by atoms with Gasteiger partial charge in [-0.3, -0.25) is 0 Å². The average Bonchev–Trinajstić information content (AvgIpc) is 2.78. The van der Waals surface area contributed by atoms with E-state index in [4.69, 9.17) is 4.74 Å². The van der Waals surface area contributed by atoms with Crippen molar-refractivity contribution >= 4 is 27.3 Å². The Morgan fingerprint density at radius 2 is 2.40 bits per heavy atom. The lowest BCUT2D eigenvalue weighted by Crippen LogP contribution is -2.11. The first-order valence-electron chi connectivity index (χ1n) is 5.40. The quantitative estimate of drug-likeness (QED) is 0.798. The van der Waals surface area contributed by atoms with Crippen molar-refractivity contribution < 1.29 is 4.74 Å². The third-order valence-corrected chi connectivity index (χ3v) is 5.05. The Hall–Kier alpha value is -0.0000000000000000555. The second-order valence-corrected chi connectivity index (χ2v) is 5.86. The molecule has 0 saturated carbocycles. The van der Waals surface area contributed by atoms with Gasteiger partial charge in [0.2, 0.25) is 0 Å². The summed E-state index contributed by atoms with van der Waals surface area (Å²) in [5, 5.41) is 10.5. The van der Waals surface area contributed by atoms with Crippen molar-refractivity contribution in [2.75, 3.05) is 6.61 Å². The number of nitrogens with zero attached hydrogens (tertiary/aromatic N) is 2. The lowest BCUT2D eigenvalue weighted by molar-refractivity contribution is 0.0144. The van der Waals surface area contributed by atoms with Gasteiger partial charge in [0.1, 0.15) is 16.1 Å². The van der Waals surface area contributed by atoms with Crippen LogP contribution < -0.4 is 0 Å². The third kappa shape index (κ3) is 2.77. The molecule has 3 nitrogen and oxygen atoms in total. The fourth-order valence-electron chi connectivity index (χ4n) is 1.61. The zero-order chi connectivity index (χ0) is 10.7. The molecule has 0 aromatic carbocycles. The molecule has 2 rings (SSSR count). The number of hydrogen-bond donors (Lipinski definition) is 0. The van der Waals surface area contributed by atoms with E-state index in [1.165, 1.54) is 12.8 Å². The van der Waals surface area contributed by atoms with Gasteiger partial charge >= 0.3 is 0 Å². The van der Waals surface area contributed by atoms with E-state index < -0.39 is 0 Å². The van der Waals surface area contributed by atoms with Crippen molar-refractivity contribution in [1.29, 1.82) is 0 Å². The monoisotopic (exact) mass is 290 g/mol. The molecule has 1 aliphatic rings. The van der Waals surface area contributed by atoms with Crippen LogP contribution in [0.15, 0.2) is 0 Å². The lowest BCUT2D eigenvalue weighted by Gasteiger charge is -2.19. The molecule has 0 radical (unpaired) electrons. The fourth-order valence-corrected chi connectivity index (χ4v) is 2.97. The maximum atomic E-state index is 5.68. The van der Waals surface area contributed by atoms with Crippen molar-refractivity contribution in [1.82, 2.24) is 10.2 Å². The van der Waals surface area contributed by atoms with Gasteiger partial charge in [-0.05, 0) is 25.7 Å². The highest BCUT2D eigenvalue weighted by Gasteiger charge is 2.21. The van der Waals surface area contributed by atoms with Crippen LogP contribution in [0, 0.1) is 0 Å². The molecule has 1 fully saturated rings. The summed E-state index contributed by atoms with van der Waals surface area (Å²) in [6.07, 6.45) is 4.75. The summed E-state index contributed by atoms with van der Waals surface area (Å²) in [5.41, 5.74) is 0. The Balaban J connectivity index is 2.05. The minimum Gasteiger partial charge on any atom is -0.371 e. The number of aromatic nitrogens is 2. The summed E-state index contributed by atoms with van der Waals surface area (Å²) in [4.78, 5) is 0.340. The topological polar surface area (TPSA) is 35.0 Å². The molecule has 2 unspecified atom stereocenters. The van der Waals surface area contributed by atoms with Crippen LogP contribution in [0.3, 0.4) is 0 Å². The van der Waals surface area contributed by atoms with Crippen LogP contribution in [0.1, 0.15) is 53.6 Å². The van der Waals surface area contributed by atoms with Crippen molar-refractivity contribution in [2.45, 2.75) is 43.5 Å². The van der Waals surface area contributed by atoms with E-state index in [0.717, 1.165) is 29.5 Å². The zero-order valence-electron chi connectivity index (χ0n) is 8.78. The Kier molecular flexibility index (Phi) is 4.11. The van der Waals surface area contributed by atoms with Crippen LogP contribution in [0.5, 0.6) is 0 Å². The van der Waals surface area contributed by atoms with Crippen LogP contribution in [0.25, 0.3) is 0 Å². The van der Waals surface area contributed by atoms with Gasteiger partial charge in [-0.15, -0.1) is 10.2 Å². The number of hydrogen-bond acceptors (Lipinski definition) is 4. The van der Waals surface area contributed by atoms with E-state index in [-0.39, 0.29) is 6.10 Å². The molecule has 2 heterocycles. The van der Waals surface area contributed by atoms with E-state index in [2.05, 4.69) is 33.1 Å². The van der Waals surface area contributed by atoms with Gasteiger partial charge < -0.3 is 4.74 Å². The normalized spacial score (nSPS) is 24.0. The van der Waals surface area contributed by atoms with Crippen LogP contribution in [0.4, 0.5) is 0 Å². The molecule has 0 aliphatic carbocycles. The summed E-state index contributed by atoms with van der Waals surface area (Å²) in [6, 6.07) is 0. The highest BCUT2D eigenvalue weighted by molar-refractivity contribution is 9.09. The van der Waals surface area contributed by atoms with Gasteiger partial charge in [0.25, 0.3) is 0 Å². The fraction of sp³-hybridized carbons (Fsp3) is 0.800. The van der Waals surface area contributed by atoms with E-state index in [1.54, 1.807) is 11.3 Å². The van der Waals surface area contributed by atoms with Gasteiger partial charge in [0, 0.05) is 6.61 Å². The molecule has 0 bridgehead atoms. The summed E-state index contributed by atoms with van der Waals surface area (Å²) >= 11 is 5.27. The van der Waals surface area contributed by atoms with Gasteiger partial charge in [-0.2, -0.15) is 0 Å². The second-order valence-electron chi connectivity index (χ2n) is 3.71. The van der Waals surface area contributed by atoms with E-state index in [0.29, 0.717) is 4.83 Å². The predicted molar refractivity (Wildman–Crippen MR) is 64.4 cm³/mol. The van der Waals surface area contributed by atoms with Gasteiger partial charge in [0.05, 0.1) is 4.83 Å². The van der Waals surface area contributed by atoms with Crippen molar-refractivity contribution in [3.63, 3.8) is 0 Å². The molecule has 0 amide bonds. The summed E-state index contributed by atoms with van der Waals surface area (Å²) in [6.45, 7) is 3.00. The molecular formula is C10H15BrN2OS. The summed E-state index contributed by atoms with van der Waals surface area (Å²) in [5.74, 6) is 0. The first-order valence-corrected chi connectivity index (χ1v) is 7.13. The van der Waals surface area contributed by atoms with Crippen molar-refractivity contribution in [3.05, 3.63) is 10.0 Å². The molecule has 0 N–H and O–H groups in total. The molecule has 0 spiro atoms. The first-order chi connectivity index (χ1) is 7.31. The maximum Gasteiger partial charge on any atom is 0.146 e. The van der Waals surface area contributed by atoms with Crippen molar-refractivity contribution in [3.8, 4) is 0 Å². The molecule has 1 aliphatic heterocycles. The molecule has 1 aromatic rings. The van der Waals surface area contributed by atoms with Crippen LogP contribution in [-0.2, 0) is 4.74 Å². The smallest absolute Gasteiger partial charge is 0.146 e. The molecule has 1 aromatic heterocycles. The van der Waals surface area contributed by atoms with Gasteiger partial charge in [-0.25, -0.2) is 0 Å². The van der Waals surface area contributed by atoms with Crippen molar-refractivity contribution in [2.24, 2.45) is 0 Å². The standard InChI is InChI=1S/C10H15BrN2OS/c1-2-7(11)9-12-13-10(15-9)8-5-3-4-6-14-8/h7-8H,2-6H2,1H3. The van der Waals surface area contributed by atoms with E-state index in [1.807, 2.05) is 0 Å². The summed E-state index contributed by atoms with van der Waals surface area (Å²) < 4.78 is 5.68. The molecule has 5 heteroatoms. The number of ether oxygens (including phenoxy) is 1. The first kappa shape index (κ1) is 11.5. The van der Waals surface area contributed by atoms with Crippen LogP contribution in [0.2, 0.25) is 0 Å². The van der Waals surface area contributed by atoms with Gasteiger partial charge in [-0.1, -0.05) is 34.2 Å². The minimum absolute atomic E-state index is 0.196.